The van der Waals surface area contributed by atoms with Gasteiger partial charge in [0, 0.05) is 64.6 Å². The molecule has 1 spiro atoms. The van der Waals surface area contributed by atoms with Gasteiger partial charge in [-0.2, -0.15) is 26.3 Å². The zero-order valence-corrected chi connectivity index (χ0v) is 21.5. The smallest absolute Gasteiger partial charge is 0.434 e. The predicted octanol–water partition coefficient (Wildman–Crippen LogP) is 3.73. The van der Waals surface area contributed by atoms with Crippen molar-refractivity contribution in [1.82, 2.24) is 14.7 Å². The van der Waals surface area contributed by atoms with E-state index in [0.717, 1.165) is 60.7 Å². The van der Waals surface area contributed by atoms with Gasteiger partial charge in [-0.3, -0.25) is 14.6 Å². The number of ether oxygens (including phenoxy) is 1. The summed E-state index contributed by atoms with van der Waals surface area (Å²) in [5.41, 5.74) is 3.36. The summed E-state index contributed by atoms with van der Waals surface area (Å²) in [6, 6.07) is 6.11. The highest BCUT2D eigenvalue weighted by atomic mass is 19.4. The number of halogens is 6. The molecule has 14 heteroatoms. The Balaban J connectivity index is 1.32. The first-order chi connectivity index (χ1) is 18.1. The Morgan fingerprint density at radius 1 is 0.949 bits per heavy atom. The van der Waals surface area contributed by atoms with Gasteiger partial charge in [-0.15, -0.1) is 0 Å². The van der Waals surface area contributed by atoms with E-state index in [1.54, 1.807) is 0 Å². The van der Waals surface area contributed by atoms with E-state index in [0.29, 0.717) is 6.54 Å². The zero-order valence-electron chi connectivity index (χ0n) is 21.5. The Labute approximate surface area is 222 Å². The topological polar surface area (TPSA) is 76.6 Å². The molecule has 0 bridgehead atoms. The van der Waals surface area contributed by atoms with Gasteiger partial charge in [0.2, 0.25) is 0 Å². The second-order valence-corrected chi connectivity index (χ2v) is 10.8. The number of carbonyl (C=O) groups excluding carboxylic acids is 1. The average molecular weight is 567 g/mol. The zero-order chi connectivity index (χ0) is 28.6. The highest BCUT2D eigenvalue weighted by Crippen LogP contribution is 2.42. The van der Waals surface area contributed by atoms with Crippen LogP contribution in [0.15, 0.2) is 18.2 Å². The lowest BCUT2D eigenvalue weighted by molar-refractivity contribution is -0.308. The number of benzene rings is 1. The second-order valence-electron chi connectivity index (χ2n) is 10.8. The number of likely N-dealkylation sites (tertiary alicyclic amines) is 1. The number of nitrogens with zero attached hydrogens (tertiary/aromatic N) is 4. The van der Waals surface area contributed by atoms with Gasteiger partial charge in [0.25, 0.3) is 6.10 Å². The molecule has 0 radical (unpaired) electrons. The van der Waals surface area contributed by atoms with Crippen molar-refractivity contribution >= 4 is 17.7 Å². The second kappa shape index (κ2) is 11.0. The average Bonchev–Trinajstić information content (AvgIpc) is 2.82. The van der Waals surface area contributed by atoms with Crippen molar-refractivity contribution < 1.29 is 45.8 Å². The number of amides is 1. The third kappa shape index (κ3) is 7.07. The van der Waals surface area contributed by atoms with Crippen LogP contribution in [0.3, 0.4) is 0 Å². The molecular weight excluding hydrogens is 534 g/mol. The quantitative estimate of drug-likeness (QED) is 0.526. The van der Waals surface area contributed by atoms with E-state index in [-0.39, 0.29) is 38.1 Å². The number of alkyl halides is 6. The van der Waals surface area contributed by atoms with Gasteiger partial charge in [0.05, 0.1) is 6.54 Å². The molecule has 8 nitrogen and oxygen atoms in total. The van der Waals surface area contributed by atoms with Crippen LogP contribution in [0.25, 0.3) is 0 Å². The third-order valence-corrected chi connectivity index (χ3v) is 7.72. The molecular formula is C25H32F6N4O4. The molecule has 0 atom stereocenters. The number of carbonyl (C=O) groups is 2. The lowest BCUT2D eigenvalue weighted by atomic mass is 9.72. The molecule has 39 heavy (non-hydrogen) atoms. The molecule has 0 unspecified atom stereocenters. The Morgan fingerprint density at radius 2 is 1.54 bits per heavy atom. The van der Waals surface area contributed by atoms with Crippen molar-refractivity contribution in [2.24, 2.45) is 5.41 Å². The molecule has 4 rings (SSSR count). The van der Waals surface area contributed by atoms with Crippen molar-refractivity contribution in [2.75, 3.05) is 63.8 Å². The Hall–Kier alpha value is -2.74. The normalized spacial score (nSPS) is 20.8. The molecule has 0 aromatic heterocycles. The van der Waals surface area contributed by atoms with Crippen molar-refractivity contribution in [3.05, 3.63) is 29.3 Å². The molecule has 3 heterocycles. The van der Waals surface area contributed by atoms with Crippen molar-refractivity contribution in [3.63, 3.8) is 0 Å². The molecule has 1 N–H and O–H groups in total. The van der Waals surface area contributed by atoms with E-state index in [4.69, 9.17) is 5.11 Å². The number of rotatable bonds is 6. The van der Waals surface area contributed by atoms with Gasteiger partial charge in [-0.1, -0.05) is 12.1 Å². The number of piperidine rings is 1. The molecule has 3 saturated heterocycles. The van der Waals surface area contributed by atoms with Gasteiger partial charge in [0.15, 0.2) is 0 Å². The summed E-state index contributed by atoms with van der Waals surface area (Å²) in [6.07, 6.45) is -15.4. The van der Waals surface area contributed by atoms with E-state index in [9.17, 15) is 35.9 Å². The molecule has 218 valence electrons. The van der Waals surface area contributed by atoms with Gasteiger partial charge in [0.1, 0.15) is 0 Å². The molecule has 3 aliphatic rings. The maximum Gasteiger partial charge on any atom is 0.434 e. The number of aryl methyl sites for hydroxylation is 1. The van der Waals surface area contributed by atoms with E-state index >= 15 is 0 Å². The molecule has 3 aliphatic heterocycles. The van der Waals surface area contributed by atoms with Crippen molar-refractivity contribution in [2.45, 2.75) is 44.8 Å². The van der Waals surface area contributed by atoms with Crippen molar-refractivity contribution in [1.29, 1.82) is 0 Å². The van der Waals surface area contributed by atoms with E-state index < -0.39 is 30.5 Å². The van der Waals surface area contributed by atoms with Crippen LogP contribution in [0.5, 0.6) is 0 Å². The van der Waals surface area contributed by atoms with Crippen LogP contribution in [0.2, 0.25) is 0 Å². The van der Waals surface area contributed by atoms with Crippen LogP contribution in [0.1, 0.15) is 24.0 Å². The molecule has 3 fully saturated rings. The number of aliphatic carboxylic acids is 1. The first-order valence-electron chi connectivity index (χ1n) is 12.8. The molecule has 0 aliphatic carbocycles. The monoisotopic (exact) mass is 566 g/mol. The van der Waals surface area contributed by atoms with E-state index in [1.165, 1.54) is 0 Å². The summed E-state index contributed by atoms with van der Waals surface area (Å²) in [6.45, 7) is 6.23. The summed E-state index contributed by atoms with van der Waals surface area (Å²) >= 11 is 0. The van der Waals surface area contributed by atoms with Crippen molar-refractivity contribution in [3.8, 4) is 0 Å². The Morgan fingerprint density at radius 3 is 2.08 bits per heavy atom. The maximum absolute atomic E-state index is 12.7. The highest BCUT2D eigenvalue weighted by Gasteiger charge is 2.60. The van der Waals surface area contributed by atoms with Gasteiger partial charge in [-0.05, 0) is 42.4 Å². The predicted molar refractivity (Wildman–Crippen MR) is 128 cm³/mol. The number of carboxylic acid groups (broad SMARTS) is 1. The molecule has 0 saturated carbocycles. The minimum Gasteiger partial charge on any atom is -0.480 e. The van der Waals surface area contributed by atoms with Gasteiger partial charge >= 0.3 is 24.4 Å². The summed E-state index contributed by atoms with van der Waals surface area (Å²) in [4.78, 5) is 30.1. The Kier molecular flexibility index (Phi) is 8.27. The number of carboxylic acids is 1. The molecule has 1 amide bonds. The van der Waals surface area contributed by atoms with E-state index in [2.05, 4.69) is 15.7 Å². The van der Waals surface area contributed by atoms with Crippen LogP contribution in [-0.2, 0) is 16.1 Å². The molecule has 1 aromatic carbocycles. The first-order valence-corrected chi connectivity index (χ1v) is 12.8. The largest absolute Gasteiger partial charge is 0.480 e. The van der Waals surface area contributed by atoms with Crippen LogP contribution in [0.4, 0.5) is 36.8 Å². The summed E-state index contributed by atoms with van der Waals surface area (Å²) in [5, 5.41) is 8.99. The highest BCUT2D eigenvalue weighted by molar-refractivity contribution is 5.69. The number of hydrogen-bond donors (Lipinski definition) is 1. The molecule has 1 aromatic rings. The minimum atomic E-state index is -5.75. The third-order valence-electron chi connectivity index (χ3n) is 7.72. The maximum atomic E-state index is 12.7. The summed E-state index contributed by atoms with van der Waals surface area (Å²) in [5.74, 6) is -0.823. The van der Waals surface area contributed by atoms with E-state index in [1.807, 2.05) is 28.9 Å². The van der Waals surface area contributed by atoms with Crippen LogP contribution in [-0.4, -0.2) is 109 Å². The fourth-order valence-corrected chi connectivity index (χ4v) is 5.67. The lowest BCUT2D eigenvalue weighted by Crippen LogP contribution is -2.61. The minimum absolute atomic E-state index is 0.0540. The standard InChI is InChI=1S/C25H32F6N4O4/c1-17-2-3-18(19(12-17)34-6-4-23(5-7-34)15-33(16-23)14-20(36)37)13-32-8-10-35(11-9-32)22(38)39-21(24(26,27)28)25(29,30)31/h2-3,12,21H,4-11,13-16H2,1H3,(H,36,37). The fourth-order valence-electron chi connectivity index (χ4n) is 5.67. The van der Waals surface area contributed by atoms with Gasteiger partial charge < -0.3 is 19.6 Å². The first kappa shape index (κ1) is 29.2. The Bertz CT molecular complexity index is 1030. The van der Waals surface area contributed by atoms with Crippen LogP contribution >= 0.6 is 0 Å². The van der Waals surface area contributed by atoms with Crippen LogP contribution < -0.4 is 4.90 Å². The van der Waals surface area contributed by atoms with Crippen LogP contribution in [0, 0.1) is 12.3 Å². The summed E-state index contributed by atoms with van der Waals surface area (Å²) in [7, 11) is 0. The lowest BCUT2D eigenvalue weighted by Gasteiger charge is -2.54. The van der Waals surface area contributed by atoms with Gasteiger partial charge in [-0.25, -0.2) is 4.79 Å². The number of hydrogen-bond acceptors (Lipinski definition) is 6. The number of piperazine rings is 1. The summed E-state index contributed by atoms with van der Waals surface area (Å²) < 4.78 is 80.3. The fraction of sp³-hybridized carbons (Fsp3) is 0.680. The number of anilines is 1. The SMILES string of the molecule is Cc1ccc(CN2CCN(C(=O)OC(C(F)(F)F)C(F)(F)F)CC2)c(N2CCC3(CC2)CN(CC(=O)O)C3)c1.